The quantitative estimate of drug-likeness (QED) is 0.626. The van der Waals surface area contributed by atoms with E-state index in [9.17, 15) is 5.11 Å². The Kier molecular flexibility index (Phi) is 1.86. The first-order valence-electron chi connectivity index (χ1n) is 4.32. The van der Waals surface area contributed by atoms with Crippen LogP contribution in [-0.4, -0.2) is 5.11 Å². The van der Waals surface area contributed by atoms with Gasteiger partial charge in [-0.1, -0.05) is 30.4 Å². The van der Waals surface area contributed by atoms with Crippen LogP contribution in [0.5, 0.6) is 5.75 Å². The maximum Gasteiger partial charge on any atom is 0.119 e. The molecule has 0 aliphatic heterocycles. The topological polar surface area (TPSA) is 20.2 Å². The lowest BCUT2D eigenvalue weighted by Crippen LogP contribution is -1.90. The molecular formula is C11H12O. The maximum absolute atomic E-state index is 9.54. The Bertz CT molecular complexity index is 302. The van der Waals surface area contributed by atoms with E-state index in [1.165, 1.54) is 0 Å². The molecule has 0 saturated heterocycles. The first-order valence-corrected chi connectivity index (χ1v) is 4.32. The van der Waals surface area contributed by atoms with Gasteiger partial charge in [0.1, 0.15) is 5.75 Å². The fraction of sp³-hybridized carbons (Fsp3) is 0.273. The fourth-order valence-electron chi connectivity index (χ4n) is 1.69. The van der Waals surface area contributed by atoms with Crippen molar-refractivity contribution >= 4 is 0 Å². The molecule has 0 spiro atoms. The molecule has 12 heavy (non-hydrogen) atoms. The van der Waals surface area contributed by atoms with Crippen molar-refractivity contribution in [1.82, 2.24) is 0 Å². The minimum atomic E-state index is 0.425. The predicted molar refractivity (Wildman–Crippen MR) is 49.2 cm³/mol. The van der Waals surface area contributed by atoms with E-state index in [0.29, 0.717) is 11.7 Å². The van der Waals surface area contributed by atoms with Gasteiger partial charge < -0.3 is 5.11 Å². The van der Waals surface area contributed by atoms with Gasteiger partial charge in [0.2, 0.25) is 0 Å². The number of rotatable bonds is 1. The summed E-state index contributed by atoms with van der Waals surface area (Å²) in [6, 6.07) is 7.58. The van der Waals surface area contributed by atoms with Crippen LogP contribution >= 0.6 is 0 Å². The second kappa shape index (κ2) is 3.02. The van der Waals surface area contributed by atoms with Crippen molar-refractivity contribution < 1.29 is 5.11 Å². The van der Waals surface area contributed by atoms with E-state index in [1.54, 1.807) is 6.07 Å². The molecule has 1 aromatic carbocycles. The summed E-state index contributed by atoms with van der Waals surface area (Å²) in [5.74, 6) is 0.861. The van der Waals surface area contributed by atoms with Crippen LogP contribution in [0.2, 0.25) is 0 Å². The van der Waals surface area contributed by atoms with Gasteiger partial charge in [0.25, 0.3) is 0 Å². The van der Waals surface area contributed by atoms with Gasteiger partial charge in [0, 0.05) is 11.5 Å². The average Bonchev–Trinajstić information content (AvgIpc) is 2.57. The third-order valence-electron chi connectivity index (χ3n) is 2.35. The zero-order chi connectivity index (χ0) is 8.39. The number of hydrogen-bond donors (Lipinski definition) is 1. The summed E-state index contributed by atoms with van der Waals surface area (Å²) in [5, 5.41) is 9.54. The molecule has 0 unspecified atom stereocenters. The first kappa shape index (κ1) is 7.41. The second-order valence-corrected chi connectivity index (χ2v) is 3.17. The van der Waals surface area contributed by atoms with E-state index in [-0.39, 0.29) is 0 Å². The SMILES string of the molecule is Oc1ccccc1[C@@H]1C=CCC1. The van der Waals surface area contributed by atoms with Gasteiger partial charge in [-0.3, -0.25) is 0 Å². The molecule has 1 aliphatic rings. The molecule has 2 rings (SSSR count). The van der Waals surface area contributed by atoms with Crippen LogP contribution in [0.1, 0.15) is 24.3 Å². The molecule has 1 N–H and O–H groups in total. The summed E-state index contributed by atoms with van der Waals surface area (Å²) < 4.78 is 0. The van der Waals surface area contributed by atoms with E-state index in [1.807, 2.05) is 18.2 Å². The predicted octanol–water partition coefficient (Wildman–Crippen LogP) is 2.83. The zero-order valence-electron chi connectivity index (χ0n) is 6.90. The Labute approximate surface area is 72.4 Å². The van der Waals surface area contributed by atoms with Crippen LogP contribution in [0.3, 0.4) is 0 Å². The van der Waals surface area contributed by atoms with Crippen molar-refractivity contribution in [2.24, 2.45) is 0 Å². The summed E-state index contributed by atoms with van der Waals surface area (Å²) in [7, 11) is 0. The highest BCUT2D eigenvalue weighted by Crippen LogP contribution is 2.33. The van der Waals surface area contributed by atoms with Crippen LogP contribution < -0.4 is 0 Å². The minimum absolute atomic E-state index is 0.425. The Morgan fingerprint density at radius 3 is 2.75 bits per heavy atom. The van der Waals surface area contributed by atoms with Crippen molar-refractivity contribution in [3.63, 3.8) is 0 Å². The Balaban J connectivity index is 2.33. The van der Waals surface area contributed by atoms with E-state index in [2.05, 4.69) is 12.2 Å². The fourth-order valence-corrected chi connectivity index (χ4v) is 1.69. The summed E-state index contributed by atoms with van der Waals surface area (Å²) in [6.07, 6.45) is 6.63. The number of aromatic hydroxyl groups is 1. The molecule has 0 bridgehead atoms. The highest BCUT2D eigenvalue weighted by Gasteiger charge is 2.14. The molecule has 0 amide bonds. The molecule has 1 atom stereocenters. The second-order valence-electron chi connectivity index (χ2n) is 3.17. The van der Waals surface area contributed by atoms with E-state index in [4.69, 9.17) is 0 Å². The van der Waals surface area contributed by atoms with Crippen LogP contribution in [-0.2, 0) is 0 Å². The molecule has 0 aromatic heterocycles. The lowest BCUT2D eigenvalue weighted by molar-refractivity contribution is 0.465. The average molecular weight is 160 g/mol. The molecule has 1 aliphatic carbocycles. The normalized spacial score (nSPS) is 21.5. The first-order chi connectivity index (χ1) is 5.88. The van der Waals surface area contributed by atoms with E-state index in [0.717, 1.165) is 18.4 Å². The minimum Gasteiger partial charge on any atom is -0.508 e. The third-order valence-corrected chi connectivity index (χ3v) is 2.35. The number of phenolic OH excluding ortho intramolecular Hbond substituents is 1. The number of hydrogen-bond acceptors (Lipinski definition) is 1. The van der Waals surface area contributed by atoms with Crippen molar-refractivity contribution in [3.05, 3.63) is 42.0 Å². The van der Waals surface area contributed by atoms with Gasteiger partial charge in [-0.05, 0) is 18.9 Å². The Morgan fingerprint density at radius 2 is 2.08 bits per heavy atom. The molecule has 1 nitrogen and oxygen atoms in total. The van der Waals surface area contributed by atoms with Crippen molar-refractivity contribution in [1.29, 1.82) is 0 Å². The molecule has 0 saturated carbocycles. The van der Waals surface area contributed by atoms with Gasteiger partial charge >= 0.3 is 0 Å². The van der Waals surface area contributed by atoms with Crippen molar-refractivity contribution in [2.45, 2.75) is 18.8 Å². The molecule has 1 aromatic rings. The van der Waals surface area contributed by atoms with E-state index >= 15 is 0 Å². The summed E-state index contributed by atoms with van der Waals surface area (Å²) in [5.41, 5.74) is 1.06. The van der Waals surface area contributed by atoms with Gasteiger partial charge in [-0.2, -0.15) is 0 Å². The number of para-hydroxylation sites is 1. The monoisotopic (exact) mass is 160 g/mol. The largest absolute Gasteiger partial charge is 0.508 e. The Morgan fingerprint density at radius 1 is 1.25 bits per heavy atom. The van der Waals surface area contributed by atoms with Crippen LogP contribution in [0.25, 0.3) is 0 Å². The standard InChI is InChI=1S/C11H12O/c12-11-8-4-3-7-10(11)9-5-1-2-6-9/h1,3-5,7-9,12H,2,6H2/t9-/m1/s1. The van der Waals surface area contributed by atoms with E-state index < -0.39 is 0 Å². The van der Waals surface area contributed by atoms with Crippen LogP contribution in [0.4, 0.5) is 0 Å². The summed E-state index contributed by atoms with van der Waals surface area (Å²) in [4.78, 5) is 0. The molecule has 0 fully saturated rings. The van der Waals surface area contributed by atoms with Gasteiger partial charge in [-0.25, -0.2) is 0 Å². The molecule has 1 heteroatoms. The summed E-state index contributed by atoms with van der Waals surface area (Å²) >= 11 is 0. The Hall–Kier alpha value is -1.24. The lowest BCUT2D eigenvalue weighted by Gasteiger charge is -2.09. The summed E-state index contributed by atoms with van der Waals surface area (Å²) in [6.45, 7) is 0. The lowest BCUT2D eigenvalue weighted by atomic mass is 9.98. The highest BCUT2D eigenvalue weighted by atomic mass is 16.3. The third kappa shape index (κ3) is 1.22. The molecule has 0 radical (unpaired) electrons. The van der Waals surface area contributed by atoms with Gasteiger partial charge in [-0.15, -0.1) is 0 Å². The van der Waals surface area contributed by atoms with Crippen molar-refractivity contribution in [3.8, 4) is 5.75 Å². The molecular weight excluding hydrogens is 148 g/mol. The smallest absolute Gasteiger partial charge is 0.119 e. The number of benzene rings is 1. The number of phenols is 1. The molecule has 0 heterocycles. The number of allylic oxidation sites excluding steroid dienone is 2. The van der Waals surface area contributed by atoms with Gasteiger partial charge in [0.15, 0.2) is 0 Å². The van der Waals surface area contributed by atoms with Gasteiger partial charge in [0.05, 0.1) is 0 Å². The van der Waals surface area contributed by atoms with Crippen LogP contribution in [0.15, 0.2) is 36.4 Å². The molecule has 62 valence electrons. The zero-order valence-corrected chi connectivity index (χ0v) is 6.90. The maximum atomic E-state index is 9.54. The highest BCUT2D eigenvalue weighted by molar-refractivity contribution is 5.38. The van der Waals surface area contributed by atoms with Crippen molar-refractivity contribution in [2.75, 3.05) is 0 Å². The van der Waals surface area contributed by atoms with Crippen LogP contribution in [0, 0.1) is 0 Å².